The summed E-state index contributed by atoms with van der Waals surface area (Å²) in [6.45, 7) is 4.38. The van der Waals surface area contributed by atoms with E-state index in [1.165, 1.54) is 35.6 Å². The minimum Gasteiger partial charge on any atom is -0.486 e. The highest BCUT2D eigenvalue weighted by molar-refractivity contribution is 7.71. The van der Waals surface area contributed by atoms with Crippen molar-refractivity contribution in [1.29, 1.82) is 0 Å². The van der Waals surface area contributed by atoms with Crippen molar-refractivity contribution in [2.24, 2.45) is 0 Å². The second kappa shape index (κ2) is 9.71. The monoisotopic (exact) mass is 471 g/mol. The minimum atomic E-state index is -0.423. The van der Waals surface area contributed by atoms with Crippen molar-refractivity contribution in [3.05, 3.63) is 88.1 Å². The number of amides is 1. The second-order valence-electron chi connectivity index (χ2n) is 6.63. The van der Waals surface area contributed by atoms with Gasteiger partial charge in [0, 0.05) is 11.9 Å². The highest BCUT2D eigenvalue weighted by atomic mass is 32.1. The number of halogens is 1. The Hall–Kier alpha value is -3.57. The average Bonchev–Trinajstić information content (AvgIpc) is 3.51. The number of carbonyl (C=O) groups excluding carboxylic acids is 1. The molecule has 0 bridgehead atoms. The fraction of sp³-hybridized carbons (Fsp3) is 0.143. The highest BCUT2D eigenvalue weighted by Gasteiger charge is 2.15. The maximum atomic E-state index is 12.9. The van der Waals surface area contributed by atoms with E-state index in [2.05, 4.69) is 27.1 Å². The zero-order valence-corrected chi connectivity index (χ0v) is 18.3. The van der Waals surface area contributed by atoms with E-state index in [1.54, 1.807) is 18.2 Å². The molecule has 3 aromatic heterocycles. The first-order chi connectivity index (χ1) is 15.5. The van der Waals surface area contributed by atoms with Crippen LogP contribution in [0.25, 0.3) is 0 Å². The Bertz CT molecular complexity index is 1290. The number of thiazole rings is 1. The SMILES string of the molecule is C=CCn1c(Cc2csc(NC(=O)c3ccc(COc4ccc(F)cc4)o3)n2)n[nH]c1=S. The maximum Gasteiger partial charge on any atom is 0.293 e. The van der Waals surface area contributed by atoms with Crippen LogP contribution in [0.4, 0.5) is 9.52 Å². The van der Waals surface area contributed by atoms with Gasteiger partial charge in [-0.25, -0.2) is 9.37 Å². The van der Waals surface area contributed by atoms with Crippen LogP contribution in [0.2, 0.25) is 0 Å². The van der Waals surface area contributed by atoms with Crippen LogP contribution in [-0.4, -0.2) is 25.7 Å². The van der Waals surface area contributed by atoms with E-state index in [0.29, 0.717) is 34.4 Å². The van der Waals surface area contributed by atoms with Gasteiger partial charge >= 0.3 is 0 Å². The first kappa shape index (κ1) is 21.7. The van der Waals surface area contributed by atoms with Crippen molar-refractivity contribution in [2.45, 2.75) is 19.6 Å². The molecular formula is C21H18FN5O3S2. The van der Waals surface area contributed by atoms with Gasteiger partial charge in [0.15, 0.2) is 15.7 Å². The van der Waals surface area contributed by atoms with E-state index in [9.17, 15) is 9.18 Å². The molecule has 1 amide bonds. The lowest BCUT2D eigenvalue weighted by molar-refractivity contribution is 0.0992. The lowest BCUT2D eigenvalue weighted by Gasteiger charge is -2.03. The molecule has 0 fully saturated rings. The standard InChI is InChI=1S/C21H18FN5O3S2/c1-2-9-27-18(25-26-21(27)31)10-14-12-32-20(23-14)24-19(28)17-8-7-16(30-17)11-29-15-5-3-13(22)4-6-15/h2-8,12H,1,9-11H2,(H,26,31)(H,23,24,28). The van der Waals surface area contributed by atoms with Crippen LogP contribution in [0, 0.1) is 10.6 Å². The smallest absolute Gasteiger partial charge is 0.293 e. The number of furan rings is 1. The normalized spacial score (nSPS) is 10.8. The third-order valence-corrected chi connectivity index (χ3v) is 5.46. The summed E-state index contributed by atoms with van der Waals surface area (Å²) in [4.78, 5) is 16.9. The van der Waals surface area contributed by atoms with E-state index < -0.39 is 5.91 Å². The van der Waals surface area contributed by atoms with Crippen molar-refractivity contribution in [3.63, 3.8) is 0 Å². The quantitative estimate of drug-likeness (QED) is 0.270. The van der Waals surface area contributed by atoms with Gasteiger partial charge < -0.3 is 9.15 Å². The topological polar surface area (TPSA) is 98.0 Å². The predicted octanol–water partition coefficient (Wildman–Crippen LogP) is 4.74. The summed E-state index contributed by atoms with van der Waals surface area (Å²) >= 11 is 6.51. The third kappa shape index (κ3) is 5.18. The molecule has 0 saturated heterocycles. The number of aromatic nitrogens is 4. The number of nitrogens with zero attached hydrogens (tertiary/aromatic N) is 3. The van der Waals surface area contributed by atoms with E-state index >= 15 is 0 Å². The number of hydrogen-bond donors (Lipinski definition) is 2. The largest absolute Gasteiger partial charge is 0.486 e. The van der Waals surface area contributed by atoms with Crippen molar-refractivity contribution in [2.75, 3.05) is 5.32 Å². The van der Waals surface area contributed by atoms with Crippen LogP contribution in [0.15, 0.2) is 58.9 Å². The summed E-state index contributed by atoms with van der Waals surface area (Å²) in [5.74, 6) is 1.06. The van der Waals surface area contributed by atoms with E-state index in [1.807, 2.05) is 9.95 Å². The Morgan fingerprint density at radius 3 is 2.94 bits per heavy atom. The molecule has 0 aliphatic heterocycles. The molecule has 11 heteroatoms. The van der Waals surface area contributed by atoms with E-state index in [0.717, 1.165) is 11.5 Å². The number of hydrogen-bond acceptors (Lipinski definition) is 7. The molecule has 0 unspecified atom stereocenters. The summed E-state index contributed by atoms with van der Waals surface area (Å²) in [5.41, 5.74) is 0.748. The number of rotatable bonds is 9. The lowest BCUT2D eigenvalue weighted by Crippen LogP contribution is -2.11. The van der Waals surface area contributed by atoms with Crippen molar-refractivity contribution >= 4 is 34.6 Å². The van der Waals surface area contributed by atoms with Gasteiger partial charge in [-0.1, -0.05) is 6.08 Å². The first-order valence-electron chi connectivity index (χ1n) is 9.49. The summed E-state index contributed by atoms with van der Waals surface area (Å²) in [6.07, 6.45) is 2.20. The number of carbonyl (C=O) groups is 1. The van der Waals surface area contributed by atoms with Gasteiger partial charge in [0.2, 0.25) is 0 Å². The van der Waals surface area contributed by atoms with Crippen LogP contribution in [-0.2, 0) is 19.6 Å². The lowest BCUT2D eigenvalue weighted by atomic mass is 10.3. The van der Waals surface area contributed by atoms with Gasteiger partial charge in [0.1, 0.15) is 29.8 Å². The minimum absolute atomic E-state index is 0.111. The van der Waals surface area contributed by atoms with Crippen LogP contribution in [0.3, 0.4) is 0 Å². The van der Waals surface area contributed by atoms with E-state index in [4.69, 9.17) is 21.4 Å². The number of benzene rings is 1. The van der Waals surface area contributed by atoms with Crippen LogP contribution in [0.5, 0.6) is 5.75 Å². The Morgan fingerprint density at radius 1 is 1.34 bits per heavy atom. The zero-order chi connectivity index (χ0) is 22.5. The Kier molecular flexibility index (Phi) is 6.57. The summed E-state index contributed by atoms with van der Waals surface area (Å²) in [7, 11) is 0. The molecule has 4 aromatic rings. The molecule has 1 aromatic carbocycles. The van der Waals surface area contributed by atoms with Gasteiger partial charge in [0.05, 0.1) is 12.1 Å². The molecule has 0 radical (unpaired) electrons. The molecule has 164 valence electrons. The van der Waals surface area contributed by atoms with Gasteiger partial charge in [-0.15, -0.1) is 17.9 Å². The van der Waals surface area contributed by atoms with Gasteiger partial charge in [-0.3, -0.25) is 19.8 Å². The van der Waals surface area contributed by atoms with Crippen molar-refractivity contribution < 1.29 is 18.3 Å². The maximum absolute atomic E-state index is 12.9. The number of aromatic amines is 1. The molecule has 0 saturated carbocycles. The van der Waals surface area contributed by atoms with Crippen molar-refractivity contribution in [1.82, 2.24) is 19.7 Å². The Labute approximate surface area is 191 Å². The fourth-order valence-corrected chi connectivity index (χ4v) is 3.76. The average molecular weight is 472 g/mol. The number of nitrogens with one attached hydrogen (secondary N) is 2. The van der Waals surface area contributed by atoms with Gasteiger partial charge in [0.25, 0.3) is 5.91 Å². The Morgan fingerprint density at radius 2 is 2.16 bits per heavy atom. The molecule has 2 N–H and O–H groups in total. The summed E-state index contributed by atoms with van der Waals surface area (Å²) < 4.78 is 26.4. The van der Waals surface area contributed by atoms with Crippen LogP contribution >= 0.6 is 23.6 Å². The highest BCUT2D eigenvalue weighted by Crippen LogP contribution is 2.20. The van der Waals surface area contributed by atoms with Crippen LogP contribution in [0.1, 0.15) is 27.8 Å². The van der Waals surface area contributed by atoms with Gasteiger partial charge in [-0.05, 0) is 48.6 Å². The molecule has 0 spiro atoms. The number of allylic oxidation sites excluding steroid dienone is 1. The molecule has 0 atom stereocenters. The molecule has 0 aliphatic rings. The number of ether oxygens (including phenoxy) is 1. The molecule has 4 rings (SSSR count). The number of anilines is 1. The summed E-state index contributed by atoms with van der Waals surface area (Å²) in [6, 6.07) is 8.85. The van der Waals surface area contributed by atoms with Crippen molar-refractivity contribution in [3.8, 4) is 5.75 Å². The molecule has 0 aliphatic carbocycles. The van der Waals surface area contributed by atoms with E-state index in [-0.39, 0.29) is 18.2 Å². The molecule has 8 nitrogen and oxygen atoms in total. The Balaban J connectivity index is 1.35. The molecule has 32 heavy (non-hydrogen) atoms. The first-order valence-corrected chi connectivity index (χ1v) is 10.8. The van der Waals surface area contributed by atoms with Crippen LogP contribution < -0.4 is 10.1 Å². The second-order valence-corrected chi connectivity index (χ2v) is 7.87. The number of H-pyrrole nitrogens is 1. The van der Waals surface area contributed by atoms with Gasteiger partial charge in [-0.2, -0.15) is 5.10 Å². The summed E-state index contributed by atoms with van der Waals surface area (Å²) in [5, 5.41) is 12.0. The predicted molar refractivity (Wildman–Crippen MR) is 120 cm³/mol. The fourth-order valence-electron chi connectivity index (χ4n) is 2.83. The molecular weight excluding hydrogens is 453 g/mol. The zero-order valence-electron chi connectivity index (χ0n) is 16.7. The molecule has 3 heterocycles. The third-order valence-electron chi connectivity index (χ3n) is 4.34.